The number of carbonyl (C=O) groups excluding carboxylic acids is 2. The molecule has 1 aromatic carbocycles. The van der Waals surface area contributed by atoms with E-state index >= 15 is 0 Å². The number of aliphatic hydroxyl groups is 1. The fourth-order valence-corrected chi connectivity index (χ4v) is 4.18. The van der Waals surface area contributed by atoms with Crippen LogP contribution in [0.4, 0.5) is 5.69 Å². The van der Waals surface area contributed by atoms with Crippen molar-refractivity contribution in [2.75, 3.05) is 18.0 Å². The van der Waals surface area contributed by atoms with Crippen LogP contribution in [0.2, 0.25) is 0 Å². The maximum absolute atomic E-state index is 12.1. The fourth-order valence-electron chi connectivity index (χ4n) is 4.18. The van der Waals surface area contributed by atoms with Gasteiger partial charge in [0.15, 0.2) is 0 Å². The highest BCUT2D eigenvalue weighted by molar-refractivity contribution is 5.93. The Balaban J connectivity index is 1.86. The number of hydrogen-bond donors (Lipinski definition) is 2. The maximum Gasteiger partial charge on any atom is 0.346 e. The summed E-state index contributed by atoms with van der Waals surface area (Å²) < 4.78 is 11.1. The molecule has 4 rings (SSSR count). The molecule has 1 atom stereocenters. The van der Waals surface area contributed by atoms with Gasteiger partial charge in [-0.05, 0) is 38.1 Å². The largest absolute Gasteiger partial charge is 0.400 e. The fraction of sp³-hybridized carbons (Fsp3) is 0.444. The Morgan fingerprint density at radius 3 is 2.24 bits per heavy atom. The zero-order valence-electron chi connectivity index (χ0n) is 13.7. The van der Waals surface area contributed by atoms with E-state index in [1.165, 1.54) is 0 Å². The van der Waals surface area contributed by atoms with Gasteiger partial charge in [0.1, 0.15) is 0 Å². The normalized spacial score (nSPS) is 27.2. The third-order valence-electron chi connectivity index (χ3n) is 5.22. The van der Waals surface area contributed by atoms with E-state index in [9.17, 15) is 14.7 Å². The summed E-state index contributed by atoms with van der Waals surface area (Å²) in [7, 11) is 0. The van der Waals surface area contributed by atoms with Crippen LogP contribution in [0.15, 0.2) is 42.5 Å². The van der Waals surface area contributed by atoms with Gasteiger partial charge in [0.05, 0.1) is 18.1 Å². The first-order valence-electron chi connectivity index (χ1n) is 8.44. The van der Waals surface area contributed by atoms with E-state index in [0.717, 1.165) is 30.9 Å². The van der Waals surface area contributed by atoms with Gasteiger partial charge in [-0.1, -0.05) is 18.2 Å². The van der Waals surface area contributed by atoms with Gasteiger partial charge >= 0.3 is 17.8 Å². The second kappa shape index (κ2) is 5.86. The molecule has 0 aromatic heterocycles. The molecule has 2 spiro atoms. The molecule has 3 aliphatic rings. The zero-order chi connectivity index (χ0) is 17.5. The standard InChI is InChI=1S/C18H20N2O5/c21-14-12-18(24-15(22)6-7-16(23)25-18)20(13-4-2-1-3-5-13)17(14)8-10-19-11-9-17/h1-7,14,19,21H,8-12H2. The van der Waals surface area contributed by atoms with Gasteiger partial charge in [0.25, 0.3) is 0 Å². The number of benzene rings is 1. The predicted octanol–water partition coefficient (Wildman–Crippen LogP) is 0.690. The van der Waals surface area contributed by atoms with Crippen LogP contribution < -0.4 is 10.2 Å². The smallest absolute Gasteiger partial charge is 0.346 e. The Hall–Kier alpha value is -2.38. The summed E-state index contributed by atoms with van der Waals surface area (Å²) in [6.07, 6.45) is 2.62. The number of nitrogens with zero attached hydrogens (tertiary/aromatic N) is 1. The number of aliphatic hydroxyl groups excluding tert-OH is 1. The maximum atomic E-state index is 12.1. The van der Waals surface area contributed by atoms with Gasteiger partial charge in [0, 0.05) is 17.8 Å². The highest BCUT2D eigenvalue weighted by Gasteiger charge is 2.65. The minimum Gasteiger partial charge on any atom is -0.400 e. The number of esters is 2. The minimum absolute atomic E-state index is 0.0149. The molecule has 0 bridgehead atoms. The van der Waals surface area contributed by atoms with Crippen LogP contribution in [0.1, 0.15) is 19.3 Å². The molecule has 132 valence electrons. The monoisotopic (exact) mass is 344 g/mol. The van der Waals surface area contributed by atoms with Gasteiger partial charge < -0.3 is 19.9 Å². The van der Waals surface area contributed by atoms with Gasteiger partial charge in [-0.25, -0.2) is 9.59 Å². The number of nitrogens with one attached hydrogen (secondary N) is 1. The topological polar surface area (TPSA) is 88.1 Å². The van der Waals surface area contributed by atoms with Gasteiger partial charge in [-0.3, -0.25) is 4.90 Å². The van der Waals surface area contributed by atoms with Crippen molar-refractivity contribution in [3.63, 3.8) is 0 Å². The van der Waals surface area contributed by atoms with E-state index < -0.39 is 29.5 Å². The van der Waals surface area contributed by atoms with Crippen LogP contribution in [0, 0.1) is 0 Å². The minimum atomic E-state index is -1.64. The predicted molar refractivity (Wildman–Crippen MR) is 88.4 cm³/mol. The summed E-state index contributed by atoms with van der Waals surface area (Å²) in [6, 6.07) is 9.33. The number of hydrogen-bond acceptors (Lipinski definition) is 7. The average Bonchev–Trinajstić information content (AvgIpc) is 2.72. The lowest BCUT2D eigenvalue weighted by Gasteiger charge is -2.48. The van der Waals surface area contributed by atoms with Crippen LogP contribution in [0.3, 0.4) is 0 Å². The van der Waals surface area contributed by atoms with Crippen molar-refractivity contribution in [2.24, 2.45) is 0 Å². The highest BCUT2D eigenvalue weighted by Crippen LogP contribution is 2.50. The molecule has 3 heterocycles. The summed E-state index contributed by atoms with van der Waals surface area (Å²) >= 11 is 0. The number of rotatable bonds is 1. The molecule has 7 heteroatoms. The first-order valence-corrected chi connectivity index (χ1v) is 8.44. The molecular formula is C18H20N2O5. The first kappa shape index (κ1) is 16.1. The van der Waals surface area contributed by atoms with Crippen molar-refractivity contribution in [3.05, 3.63) is 42.5 Å². The quantitative estimate of drug-likeness (QED) is 0.725. The van der Waals surface area contributed by atoms with E-state index in [1.54, 1.807) is 4.90 Å². The Morgan fingerprint density at radius 1 is 1.04 bits per heavy atom. The van der Waals surface area contributed by atoms with Crippen molar-refractivity contribution in [1.82, 2.24) is 5.32 Å². The average molecular weight is 344 g/mol. The van der Waals surface area contributed by atoms with Crippen molar-refractivity contribution in [3.8, 4) is 0 Å². The molecule has 2 saturated heterocycles. The molecular weight excluding hydrogens is 324 g/mol. The number of carbonyl (C=O) groups is 2. The lowest BCUT2D eigenvalue weighted by atomic mass is 9.83. The summed E-state index contributed by atoms with van der Waals surface area (Å²) in [5.74, 6) is -2.97. The molecule has 7 nitrogen and oxygen atoms in total. The summed E-state index contributed by atoms with van der Waals surface area (Å²) in [5, 5.41) is 14.2. The van der Waals surface area contributed by atoms with Gasteiger partial charge in [0.2, 0.25) is 0 Å². The third kappa shape index (κ3) is 2.51. The van der Waals surface area contributed by atoms with E-state index in [-0.39, 0.29) is 6.42 Å². The zero-order valence-corrected chi connectivity index (χ0v) is 13.7. The summed E-state index contributed by atoms with van der Waals surface area (Å²) in [4.78, 5) is 26.0. The van der Waals surface area contributed by atoms with E-state index in [4.69, 9.17) is 9.47 Å². The second-order valence-electron chi connectivity index (χ2n) is 6.63. The lowest BCUT2D eigenvalue weighted by Crippen LogP contribution is -2.62. The van der Waals surface area contributed by atoms with E-state index in [0.29, 0.717) is 12.8 Å². The highest BCUT2D eigenvalue weighted by atomic mass is 16.8. The first-order chi connectivity index (χ1) is 12.1. The Kier molecular flexibility index (Phi) is 3.77. The van der Waals surface area contributed by atoms with Crippen LogP contribution in [0.25, 0.3) is 0 Å². The van der Waals surface area contributed by atoms with Gasteiger partial charge in [-0.2, -0.15) is 0 Å². The second-order valence-corrected chi connectivity index (χ2v) is 6.63. The van der Waals surface area contributed by atoms with E-state index in [1.807, 2.05) is 30.3 Å². The molecule has 2 fully saturated rings. The molecule has 1 unspecified atom stereocenters. The molecule has 0 amide bonds. The molecule has 1 aromatic rings. The number of para-hydroxylation sites is 1. The summed E-state index contributed by atoms with van der Waals surface area (Å²) in [6.45, 7) is 1.44. The number of ether oxygens (including phenoxy) is 2. The summed E-state index contributed by atoms with van der Waals surface area (Å²) in [5.41, 5.74) is 0.0702. The molecule has 0 radical (unpaired) electrons. The molecule has 2 N–H and O–H groups in total. The number of piperidine rings is 1. The van der Waals surface area contributed by atoms with E-state index in [2.05, 4.69) is 5.32 Å². The van der Waals surface area contributed by atoms with Crippen molar-refractivity contribution in [1.29, 1.82) is 0 Å². The van der Waals surface area contributed by atoms with Crippen molar-refractivity contribution < 1.29 is 24.2 Å². The van der Waals surface area contributed by atoms with Gasteiger partial charge in [-0.15, -0.1) is 0 Å². The van der Waals surface area contributed by atoms with Crippen LogP contribution >= 0.6 is 0 Å². The molecule has 25 heavy (non-hydrogen) atoms. The van der Waals surface area contributed by atoms with Crippen molar-refractivity contribution in [2.45, 2.75) is 36.8 Å². The van der Waals surface area contributed by atoms with Crippen LogP contribution in [0.5, 0.6) is 0 Å². The Bertz CT molecular complexity index is 691. The van der Waals surface area contributed by atoms with Crippen LogP contribution in [-0.2, 0) is 19.1 Å². The Labute approximate surface area is 145 Å². The third-order valence-corrected chi connectivity index (χ3v) is 5.22. The van der Waals surface area contributed by atoms with Crippen molar-refractivity contribution >= 4 is 17.6 Å². The molecule has 0 saturated carbocycles. The SMILES string of the molecule is O=C1C=CC(=O)OC2(CC(O)C3(CCNCC3)N2c2ccccc2)O1. The lowest BCUT2D eigenvalue weighted by molar-refractivity contribution is -0.218. The molecule has 3 aliphatic heterocycles. The molecule has 0 aliphatic carbocycles. The van der Waals surface area contributed by atoms with Crippen LogP contribution in [-0.4, -0.2) is 47.7 Å². The Morgan fingerprint density at radius 2 is 1.64 bits per heavy atom. The number of anilines is 1.